The first-order valence-electron chi connectivity index (χ1n) is 11.2. The highest BCUT2D eigenvalue weighted by atomic mass is 79.9. The molecule has 0 amide bonds. The maximum absolute atomic E-state index is 4.78. The van der Waals surface area contributed by atoms with E-state index in [4.69, 9.17) is 4.99 Å². The highest BCUT2D eigenvalue weighted by Crippen LogP contribution is 2.60. The van der Waals surface area contributed by atoms with Gasteiger partial charge in [-0.1, -0.05) is 28.1 Å². The second kappa shape index (κ2) is 7.23. The van der Waals surface area contributed by atoms with Crippen molar-refractivity contribution < 1.29 is 0 Å². The number of aromatic nitrogens is 1. The van der Waals surface area contributed by atoms with Crippen molar-refractivity contribution in [2.75, 3.05) is 0 Å². The number of rotatable bonds is 4. The maximum atomic E-state index is 4.78. The van der Waals surface area contributed by atoms with Crippen molar-refractivity contribution in [2.24, 2.45) is 22.7 Å². The first-order chi connectivity index (χ1) is 14.7. The van der Waals surface area contributed by atoms with Crippen LogP contribution in [0.3, 0.4) is 0 Å². The van der Waals surface area contributed by atoms with E-state index in [1.54, 1.807) is 5.56 Å². The Labute approximate surface area is 187 Å². The van der Waals surface area contributed by atoms with Crippen LogP contribution in [0, 0.1) is 17.8 Å². The third kappa shape index (κ3) is 3.28. The van der Waals surface area contributed by atoms with Gasteiger partial charge in [0.05, 0.1) is 17.6 Å². The third-order valence-corrected chi connectivity index (χ3v) is 8.28. The molecule has 4 fully saturated rings. The Bertz CT molecular complexity index is 1040. The Hall–Kier alpha value is -2.13. The molecule has 0 unspecified atom stereocenters. The minimum atomic E-state index is 0.466. The minimum absolute atomic E-state index is 0.466. The van der Waals surface area contributed by atoms with Crippen molar-refractivity contribution in [3.05, 3.63) is 82.6 Å². The lowest BCUT2D eigenvalue weighted by atomic mass is 9.48. The second-order valence-corrected chi connectivity index (χ2v) is 10.7. The number of nitrogens with zero attached hydrogens (tertiary/aromatic N) is 2. The fraction of sp³-hybridized carbons (Fsp3) is 0.370. The molecule has 30 heavy (non-hydrogen) atoms. The third-order valence-electron chi connectivity index (χ3n) is 7.75. The van der Waals surface area contributed by atoms with Gasteiger partial charge in [0.15, 0.2) is 0 Å². The number of hydrogen-bond acceptors (Lipinski definition) is 1. The van der Waals surface area contributed by atoms with Crippen LogP contribution in [0.5, 0.6) is 0 Å². The van der Waals surface area contributed by atoms with E-state index < -0.39 is 0 Å². The molecule has 4 aliphatic carbocycles. The first-order valence-corrected chi connectivity index (χ1v) is 12.0. The standard InChI is InChI=1S/C27H27BrN2/c28-23-5-9-25(10-6-23)30-11-1-2-26(30)18-29-24-7-3-22(4-8-24)27-15-19-12-20(16-27)14-21(13-19)17-27/h1-11,18-21H,12-17H2. The highest BCUT2D eigenvalue weighted by molar-refractivity contribution is 9.10. The van der Waals surface area contributed by atoms with Crippen molar-refractivity contribution in [1.29, 1.82) is 0 Å². The van der Waals surface area contributed by atoms with Crippen LogP contribution in [0.25, 0.3) is 5.69 Å². The maximum Gasteiger partial charge on any atom is 0.0639 e. The van der Waals surface area contributed by atoms with Crippen molar-refractivity contribution >= 4 is 27.8 Å². The number of hydrogen-bond donors (Lipinski definition) is 0. The monoisotopic (exact) mass is 458 g/mol. The molecule has 0 atom stereocenters. The second-order valence-electron chi connectivity index (χ2n) is 9.78. The zero-order chi connectivity index (χ0) is 20.1. The molecule has 4 bridgehead atoms. The summed E-state index contributed by atoms with van der Waals surface area (Å²) >= 11 is 3.51. The zero-order valence-corrected chi connectivity index (χ0v) is 18.8. The van der Waals surface area contributed by atoms with Gasteiger partial charge in [-0.3, -0.25) is 4.99 Å². The molecule has 0 spiro atoms. The van der Waals surface area contributed by atoms with Crippen molar-refractivity contribution in [1.82, 2.24) is 4.57 Å². The lowest BCUT2D eigenvalue weighted by Crippen LogP contribution is -2.48. The molecule has 0 N–H and O–H groups in total. The van der Waals surface area contributed by atoms with E-state index in [1.807, 2.05) is 6.21 Å². The van der Waals surface area contributed by atoms with Crippen LogP contribution in [0.15, 0.2) is 76.3 Å². The van der Waals surface area contributed by atoms with Crippen LogP contribution in [0.2, 0.25) is 0 Å². The van der Waals surface area contributed by atoms with E-state index in [9.17, 15) is 0 Å². The average Bonchev–Trinajstić information content (AvgIpc) is 3.21. The van der Waals surface area contributed by atoms with Gasteiger partial charge in [0.1, 0.15) is 0 Å². The molecule has 0 radical (unpaired) electrons. The molecule has 0 aliphatic heterocycles. The van der Waals surface area contributed by atoms with E-state index in [1.165, 1.54) is 38.5 Å². The molecule has 2 nitrogen and oxygen atoms in total. The summed E-state index contributed by atoms with van der Waals surface area (Å²) < 4.78 is 3.26. The molecule has 7 rings (SSSR count). The van der Waals surface area contributed by atoms with E-state index in [0.717, 1.165) is 39.3 Å². The zero-order valence-electron chi connectivity index (χ0n) is 17.2. The number of aliphatic imine (C=N–C) groups is 1. The molecule has 0 saturated heterocycles. The van der Waals surface area contributed by atoms with Crippen LogP contribution in [0.1, 0.15) is 49.8 Å². The van der Waals surface area contributed by atoms with Gasteiger partial charge < -0.3 is 4.57 Å². The van der Waals surface area contributed by atoms with E-state index >= 15 is 0 Å². The Kier molecular flexibility index (Phi) is 4.49. The molecular weight excluding hydrogens is 432 g/mol. The van der Waals surface area contributed by atoms with Crippen LogP contribution >= 0.6 is 15.9 Å². The highest BCUT2D eigenvalue weighted by Gasteiger charge is 2.51. The van der Waals surface area contributed by atoms with Gasteiger partial charge in [0.25, 0.3) is 0 Å². The number of halogens is 1. The molecule has 3 aromatic rings. The molecule has 4 aliphatic rings. The summed E-state index contributed by atoms with van der Waals surface area (Å²) in [5, 5.41) is 0. The number of benzene rings is 2. The van der Waals surface area contributed by atoms with E-state index in [-0.39, 0.29) is 0 Å². The van der Waals surface area contributed by atoms with Crippen molar-refractivity contribution in [3.63, 3.8) is 0 Å². The fourth-order valence-corrected chi connectivity index (χ4v) is 7.11. The van der Waals surface area contributed by atoms with Crippen molar-refractivity contribution in [3.8, 4) is 5.69 Å². The minimum Gasteiger partial charge on any atom is -0.316 e. The molecule has 3 heteroatoms. The Balaban J connectivity index is 1.23. The summed E-state index contributed by atoms with van der Waals surface area (Å²) in [6.45, 7) is 0. The quantitative estimate of drug-likeness (QED) is 0.361. The summed E-state index contributed by atoms with van der Waals surface area (Å²) in [5.41, 5.74) is 5.29. The van der Waals surface area contributed by atoms with Crippen LogP contribution in [-0.4, -0.2) is 10.8 Å². The Morgan fingerprint density at radius 2 is 1.47 bits per heavy atom. The summed E-state index contributed by atoms with van der Waals surface area (Å²) in [6, 6.07) is 21.7. The normalized spacial score (nSPS) is 29.7. The predicted octanol–water partition coefficient (Wildman–Crippen LogP) is 7.46. The van der Waals surface area contributed by atoms with Gasteiger partial charge in [-0.05, 0) is 116 Å². The van der Waals surface area contributed by atoms with Gasteiger partial charge in [0.2, 0.25) is 0 Å². The molecule has 2 aromatic carbocycles. The lowest BCUT2D eigenvalue weighted by Gasteiger charge is -2.57. The Morgan fingerprint density at radius 3 is 2.10 bits per heavy atom. The summed E-state index contributed by atoms with van der Waals surface area (Å²) in [4.78, 5) is 4.78. The molecule has 1 aromatic heterocycles. The van der Waals surface area contributed by atoms with Gasteiger partial charge in [0, 0.05) is 16.4 Å². The molecule has 152 valence electrons. The first kappa shape index (κ1) is 18.6. The van der Waals surface area contributed by atoms with Crippen LogP contribution < -0.4 is 0 Å². The van der Waals surface area contributed by atoms with Crippen LogP contribution in [-0.2, 0) is 5.41 Å². The smallest absolute Gasteiger partial charge is 0.0639 e. The van der Waals surface area contributed by atoms with Crippen molar-refractivity contribution in [2.45, 2.75) is 43.9 Å². The van der Waals surface area contributed by atoms with Gasteiger partial charge >= 0.3 is 0 Å². The largest absolute Gasteiger partial charge is 0.316 e. The van der Waals surface area contributed by atoms with Gasteiger partial charge in [-0.2, -0.15) is 0 Å². The summed E-state index contributed by atoms with van der Waals surface area (Å²) in [7, 11) is 0. The SMILES string of the molecule is Brc1ccc(-n2cccc2C=Nc2ccc(C34CC5CC(CC(C5)C3)C4)cc2)cc1. The lowest BCUT2D eigenvalue weighted by molar-refractivity contribution is -0.00518. The summed E-state index contributed by atoms with van der Waals surface area (Å²) in [6.07, 6.45) is 12.8. The topological polar surface area (TPSA) is 17.3 Å². The Morgan fingerprint density at radius 1 is 0.833 bits per heavy atom. The van der Waals surface area contributed by atoms with Gasteiger partial charge in [-0.25, -0.2) is 0 Å². The molecule has 1 heterocycles. The molecule has 4 saturated carbocycles. The summed E-state index contributed by atoms with van der Waals surface area (Å²) in [5.74, 6) is 2.96. The molecular formula is C27H27BrN2. The predicted molar refractivity (Wildman–Crippen MR) is 127 cm³/mol. The van der Waals surface area contributed by atoms with Crippen LogP contribution in [0.4, 0.5) is 5.69 Å². The van der Waals surface area contributed by atoms with E-state index in [2.05, 4.69) is 87.4 Å². The fourth-order valence-electron chi connectivity index (χ4n) is 6.84. The van der Waals surface area contributed by atoms with Gasteiger partial charge in [-0.15, -0.1) is 0 Å². The van der Waals surface area contributed by atoms with E-state index in [0.29, 0.717) is 5.41 Å². The average molecular weight is 459 g/mol.